The van der Waals surface area contributed by atoms with Crippen LogP contribution in [0.5, 0.6) is 0 Å². The summed E-state index contributed by atoms with van der Waals surface area (Å²) in [6.07, 6.45) is -0.127. The number of benzene rings is 1. The summed E-state index contributed by atoms with van der Waals surface area (Å²) in [5, 5.41) is 7.24. The number of aromatic nitrogens is 3. The molecule has 1 N–H and O–H groups in total. The molecule has 12 heteroatoms. The number of pyridine rings is 1. The third-order valence-electron chi connectivity index (χ3n) is 5.56. The van der Waals surface area contributed by atoms with Crippen molar-refractivity contribution in [1.29, 1.82) is 0 Å². The van der Waals surface area contributed by atoms with Crippen LogP contribution in [-0.4, -0.2) is 49.6 Å². The van der Waals surface area contributed by atoms with Gasteiger partial charge in [0, 0.05) is 29.8 Å². The Bertz CT molecular complexity index is 1310. The number of rotatable bonds is 8. The third-order valence-corrected chi connectivity index (χ3v) is 6.81. The normalized spacial score (nSPS) is 17.4. The summed E-state index contributed by atoms with van der Waals surface area (Å²) >= 11 is 1.37. The average Bonchev–Trinajstić information content (AvgIpc) is 3.49. The maximum absolute atomic E-state index is 13.7. The minimum atomic E-state index is -4.57. The maximum atomic E-state index is 13.7. The van der Waals surface area contributed by atoms with Crippen molar-refractivity contribution in [3.63, 3.8) is 0 Å². The second-order valence-corrected chi connectivity index (χ2v) is 9.68. The summed E-state index contributed by atoms with van der Waals surface area (Å²) in [7, 11) is 0. The Labute approximate surface area is 215 Å². The van der Waals surface area contributed by atoms with Gasteiger partial charge in [-0.25, -0.2) is 4.79 Å². The van der Waals surface area contributed by atoms with Crippen molar-refractivity contribution in [2.75, 3.05) is 6.61 Å². The number of carbonyl (C=O) groups excluding carboxylic acids is 2. The number of alkyl halides is 3. The van der Waals surface area contributed by atoms with E-state index >= 15 is 0 Å². The van der Waals surface area contributed by atoms with E-state index in [1.807, 2.05) is 6.92 Å². The van der Waals surface area contributed by atoms with Crippen LogP contribution in [0.4, 0.5) is 13.2 Å². The highest BCUT2D eigenvalue weighted by Gasteiger charge is 2.33. The molecule has 3 aromatic rings. The standard InChI is InChI=1S/C25H24F3N5O3S/c1-3-36-24(35)18-12-31-33(13-18)14-21-15(2)37-23(32-21)17-8-16(9-19(10-17)25(26,27)28)11-30-22(34)20-6-4-5-7-29-20/h4-10,12-13,15,21H,3,11,14H2,1-2H3,(H,30,34). The van der Waals surface area contributed by atoms with Crippen LogP contribution in [0.25, 0.3) is 0 Å². The highest BCUT2D eigenvalue weighted by Crippen LogP contribution is 2.35. The second-order valence-electron chi connectivity index (χ2n) is 8.31. The molecule has 0 saturated heterocycles. The van der Waals surface area contributed by atoms with Crippen LogP contribution in [0.1, 0.15) is 51.4 Å². The minimum absolute atomic E-state index is 0.0351. The fourth-order valence-corrected chi connectivity index (χ4v) is 4.80. The first-order valence-corrected chi connectivity index (χ1v) is 12.4. The maximum Gasteiger partial charge on any atom is 0.416 e. The van der Waals surface area contributed by atoms with Gasteiger partial charge in [0.25, 0.3) is 5.91 Å². The van der Waals surface area contributed by atoms with Gasteiger partial charge >= 0.3 is 12.1 Å². The molecule has 0 spiro atoms. The quantitative estimate of drug-likeness (QED) is 0.434. The van der Waals surface area contributed by atoms with Crippen molar-refractivity contribution in [2.24, 2.45) is 4.99 Å². The van der Waals surface area contributed by atoms with Crippen LogP contribution >= 0.6 is 11.8 Å². The molecule has 4 rings (SSSR count). The molecule has 2 aromatic heterocycles. The van der Waals surface area contributed by atoms with E-state index in [-0.39, 0.29) is 30.1 Å². The van der Waals surface area contributed by atoms with Crippen molar-refractivity contribution in [3.8, 4) is 0 Å². The lowest BCUT2D eigenvalue weighted by Crippen LogP contribution is -2.24. The number of esters is 1. The predicted octanol–water partition coefficient (Wildman–Crippen LogP) is 4.35. The van der Waals surface area contributed by atoms with E-state index < -0.39 is 23.6 Å². The zero-order valence-electron chi connectivity index (χ0n) is 20.0. The molecule has 0 radical (unpaired) electrons. The summed E-state index contributed by atoms with van der Waals surface area (Å²) in [6, 6.07) is 8.25. The molecule has 0 bridgehead atoms. The van der Waals surface area contributed by atoms with E-state index in [2.05, 4.69) is 20.4 Å². The van der Waals surface area contributed by atoms with Crippen molar-refractivity contribution in [3.05, 3.63) is 82.9 Å². The lowest BCUT2D eigenvalue weighted by molar-refractivity contribution is -0.137. The number of hydrogen-bond donors (Lipinski definition) is 1. The van der Waals surface area contributed by atoms with Gasteiger partial charge in [0.2, 0.25) is 0 Å². The molecule has 8 nitrogen and oxygen atoms in total. The predicted molar refractivity (Wildman–Crippen MR) is 132 cm³/mol. The van der Waals surface area contributed by atoms with Crippen LogP contribution in [0.2, 0.25) is 0 Å². The van der Waals surface area contributed by atoms with Gasteiger partial charge in [-0.2, -0.15) is 18.3 Å². The van der Waals surface area contributed by atoms with Gasteiger partial charge < -0.3 is 10.1 Å². The monoisotopic (exact) mass is 531 g/mol. The fourth-order valence-electron chi connectivity index (χ4n) is 3.70. The van der Waals surface area contributed by atoms with Crippen LogP contribution in [-0.2, 0) is 24.0 Å². The van der Waals surface area contributed by atoms with Crippen LogP contribution < -0.4 is 5.32 Å². The molecule has 1 amide bonds. The number of aliphatic imine (C=N–C) groups is 1. The molecule has 1 aromatic carbocycles. The Balaban J connectivity index is 1.53. The van der Waals surface area contributed by atoms with Crippen molar-refractivity contribution in [1.82, 2.24) is 20.1 Å². The van der Waals surface area contributed by atoms with Crippen molar-refractivity contribution >= 4 is 28.7 Å². The Morgan fingerprint density at radius 2 is 2.03 bits per heavy atom. The molecular formula is C25H24F3N5O3S. The van der Waals surface area contributed by atoms with E-state index in [4.69, 9.17) is 4.74 Å². The van der Waals surface area contributed by atoms with E-state index in [1.54, 1.807) is 36.0 Å². The lowest BCUT2D eigenvalue weighted by atomic mass is 10.1. The number of nitrogens with one attached hydrogen (secondary N) is 1. The van der Waals surface area contributed by atoms with E-state index in [0.29, 0.717) is 28.3 Å². The van der Waals surface area contributed by atoms with Crippen LogP contribution in [0.3, 0.4) is 0 Å². The molecule has 2 unspecified atom stereocenters. The van der Waals surface area contributed by atoms with Gasteiger partial charge in [0.05, 0.1) is 41.6 Å². The molecule has 2 atom stereocenters. The summed E-state index contributed by atoms with van der Waals surface area (Å²) in [5.41, 5.74) is 0.285. The van der Waals surface area contributed by atoms with Gasteiger partial charge in [0.15, 0.2) is 0 Å². The minimum Gasteiger partial charge on any atom is -0.462 e. The zero-order valence-corrected chi connectivity index (χ0v) is 20.8. The number of ether oxygens (including phenoxy) is 1. The average molecular weight is 532 g/mol. The number of carbonyl (C=O) groups is 2. The van der Waals surface area contributed by atoms with Gasteiger partial charge in [-0.3, -0.25) is 19.5 Å². The molecule has 0 saturated carbocycles. The largest absolute Gasteiger partial charge is 0.462 e. The topological polar surface area (TPSA) is 98.5 Å². The first-order valence-electron chi connectivity index (χ1n) is 11.5. The SMILES string of the molecule is CCOC(=O)c1cnn(CC2N=C(c3cc(CNC(=O)c4ccccn4)cc(C(F)(F)F)c3)SC2C)c1. The molecule has 37 heavy (non-hydrogen) atoms. The highest BCUT2D eigenvalue weighted by atomic mass is 32.2. The number of amides is 1. The number of thioether (sulfide) groups is 1. The smallest absolute Gasteiger partial charge is 0.416 e. The lowest BCUT2D eigenvalue weighted by Gasteiger charge is -2.13. The summed E-state index contributed by atoms with van der Waals surface area (Å²) < 4.78 is 47.6. The Morgan fingerprint density at radius 1 is 1.22 bits per heavy atom. The Hall–Kier alpha value is -3.67. The molecule has 3 heterocycles. The molecule has 0 aliphatic carbocycles. The zero-order chi connectivity index (χ0) is 26.6. The van der Waals surface area contributed by atoms with Gasteiger partial charge in [-0.05, 0) is 42.8 Å². The van der Waals surface area contributed by atoms with E-state index in [9.17, 15) is 22.8 Å². The molecular weight excluding hydrogens is 507 g/mol. The second kappa shape index (κ2) is 11.2. The molecule has 1 aliphatic rings. The number of hydrogen-bond acceptors (Lipinski definition) is 7. The number of halogens is 3. The Kier molecular flexibility index (Phi) is 7.96. The van der Waals surface area contributed by atoms with E-state index in [1.165, 1.54) is 30.2 Å². The summed E-state index contributed by atoms with van der Waals surface area (Å²) in [5.74, 6) is -0.958. The summed E-state index contributed by atoms with van der Waals surface area (Å²) in [6.45, 7) is 4.14. The van der Waals surface area contributed by atoms with Gasteiger partial charge in [-0.1, -0.05) is 13.0 Å². The fraction of sp³-hybridized carbons (Fsp3) is 0.320. The summed E-state index contributed by atoms with van der Waals surface area (Å²) in [4.78, 5) is 32.8. The van der Waals surface area contributed by atoms with Crippen LogP contribution in [0.15, 0.2) is 60.0 Å². The van der Waals surface area contributed by atoms with Crippen molar-refractivity contribution < 1.29 is 27.5 Å². The Morgan fingerprint density at radius 3 is 2.73 bits per heavy atom. The first-order chi connectivity index (χ1) is 17.6. The van der Waals surface area contributed by atoms with Crippen LogP contribution in [0, 0.1) is 0 Å². The van der Waals surface area contributed by atoms with Gasteiger partial charge in [-0.15, -0.1) is 11.8 Å². The highest BCUT2D eigenvalue weighted by molar-refractivity contribution is 8.15. The van der Waals surface area contributed by atoms with E-state index in [0.717, 1.165) is 12.1 Å². The number of nitrogens with zero attached hydrogens (tertiary/aromatic N) is 4. The van der Waals surface area contributed by atoms with Crippen molar-refractivity contribution in [2.45, 2.75) is 44.4 Å². The first kappa shape index (κ1) is 26.4. The van der Waals surface area contributed by atoms with Gasteiger partial charge in [0.1, 0.15) is 5.69 Å². The molecule has 194 valence electrons. The molecule has 0 fully saturated rings. The molecule has 1 aliphatic heterocycles. The third kappa shape index (κ3) is 6.56.